The van der Waals surface area contributed by atoms with Crippen molar-refractivity contribution in [1.29, 1.82) is 5.41 Å². The number of allylic oxidation sites excluding steroid dienone is 3. The first kappa shape index (κ1) is 19.8. The second-order valence-electron chi connectivity index (χ2n) is 5.82. The van der Waals surface area contributed by atoms with E-state index in [1.54, 1.807) is 35.8 Å². The third kappa shape index (κ3) is 6.08. The van der Waals surface area contributed by atoms with Gasteiger partial charge in [0.15, 0.2) is 0 Å². The molecule has 26 heavy (non-hydrogen) atoms. The largest absolute Gasteiger partial charge is 0.384 e. The van der Waals surface area contributed by atoms with Gasteiger partial charge in [-0.05, 0) is 54.1 Å². The summed E-state index contributed by atoms with van der Waals surface area (Å²) < 4.78 is 13.9. The summed E-state index contributed by atoms with van der Waals surface area (Å²) in [6.45, 7) is 6.38. The molecule has 0 radical (unpaired) electrons. The van der Waals surface area contributed by atoms with Crippen LogP contribution in [0.3, 0.4) is 0 Å². The molecule has 2 aromatic heterocycles. The zero-order valence-electron chi connectivity index (χ0n) is 15.0. The number of pyridine rings is 1. The van der Waals surface area contributed by atoms with Gasteiger partial charge in [-0.15, -0.1) is 0 Å². The molecule has 136 valence electrons. The Balaban J connectivity index is 2.04. The van der Waals surface area contributed by atoms with Crippen molar-refractivity contribution < 1.29 is 4.39 Å². The smallest absolute Gasteiger partial charge is 0.121 e. The number of nitrogens with one attached hydrogen (secondary N) is 2. The number of halogens is 1. The molecule has 5 heteroatoms. The summed E-state index contributed by atoms with van der Waals surface area (Å²) in [6, 6.07) is 7.48. The van der Waals surface area contributed by atoms with E-state index in [0.29, 0.717) is 29.9 Å². The summed E-state index contributed by atoms with van der Waals surface area (Å²) in [5.41, 5.74) is 3.26. The minimum Gasteiger partial charge on any atom is -0.384 e. The monoisotopic (exact) mass is 369 g/mol. The summed E-state index contributed by atoms with van der Waals surface area (Å²) in [7, 11) is 0. The van der Waals surface area contributed by atoms with Crippen molar-refractivity contribution in [3.05, 3.63) is 82.6 Å². The Morgan fingerprint density at radius 2 is 2.23 bits per heavy atom. The van der Waals surface area contributed by atoms with Crippen LogP contribution in [0, 0.1) is 5.41 Å². The highest BCUT2D eigenvalue weighted by Crippen LogP contribution is 2.18. The SMILES string of the molecule is C=C(CCN/C(=C\C(=N)c1ccccn1)c1ccsc1)/C(F)=C\CCC. The molecule has 0 saturated carbocycles. The molecular weight excluding hydrogens is 345 g/mol. The predicted molar refractivity (Wildman–Crippen MR) is 109 cm³/mol. The molecule has 0 bridgehead atoms. The molecule has 0 aliphatic rings. The van der Waals surface area contributed by atoms with Crippen molar-refractivity contribution in [1.82, 2.24) is 10.3 Å². The van der Waals surface area contributed by atoms with E-state index in [1.807, 2.05) is 35.9 Å². The van der Waals surface area contributed by atoms with Gasteiger partial charge < -0.3 is 5.32 Å². The Morgan fingerprint density at radius 1 is 1.38 bits per heavy atom. The summed E-state index contributed by atoms with van der Waals surface area (Å²) in [6.07, 6.45) is 7.17. The maximum absolute atomic E-state index is 13.9. The minimum atomic E-state index is -0.226. The quantitative estimate of drug-likeness (QED) is 0.414. The Bertz CT molecular complexity index is 777. The van der Waals surface area contributed by atoms with Gasteiger partial charge in [-0.1, -0.05) is 26.0 Å². The standard InChI is InChI=1S/C21H24FN3S/c1-3-4-7-18(22)16(2)9-12-25-21(17-10-13-26-15-17)14-19(23)20-8-5-6-11-24-20/h5-8,10-11,13-15,23,25H,2-4,9,12H2,1H3/b18-7+,21-14-,23-19?. The summed E-state index contributed by atoms with van der Waals surface area (Å²) in [5, 5.41) is 15.6. The molecule has 0 atom stereocenters. The number of hydrogen-bond donors (Lipinski definition) is 2. The third-order valence-electron chi connectivity index (χ3n) is 3.75. The summed E-state index contributed by atoms with van der Waals surface area (Å²) in [5.74, 6) is -0.226. The van der Waals surface area contributed by atoms with Gasteiger partial charge in [-0.2, -0.15) is 11.3 Å². The van der Waals surface area contributed by atoms with Crippen LogP contribution in [0.4, 0.5) is 4.39 Å². The van der Waals surface area contributed by atoms with Gasteiger partial charge >= 0.3 is 0 Å². The molecule has 0 unspecified atom stereocenters. The second-order valence-corrected chi connectivity index (χ2v) is 6.60. The van der Waals surface area contributed by atoms with Crippen LogP contribution >= 0.6 is 11.3 Å². The summed E-state index contributed by atoms with van der Waals surface area (Å²) >= 11 is 1.59. The molecular formula is C21H24FN3S. The number of thiophene rings is 1. The molecule has 0 aliphatic carbocycles. The van der Waals surface area contributed by atoms with E-state index in [9.17, 15) is 4.39 Å². The molecule has 0 fully saturated rings. The van der Waals surface area contributed by atoms with Gasteiger partial charge in [0, 0.05) is 29.4 Å². The average Bonchev–Trinajstić information content (AvgIpc) is 3.20. The highest BCUT2D eigenvalue weighted by atomic mass is 32.1. The molecule has 0 spiro atoms. The highest BCUT2D eigenvalue weighted by molar-refractivity contribution is 7.08. The van der Waals surface area contributed by atoms with Gasteiger partial charge in [-0.3, -0.25) is 10.4 Å². The van der Waals surface area contributed by atoms with E-state index in [0.717, 1.165) is 24.1 Å². The van der Waals surface area contributed by atoms with E-state index >= 15 is 0 Å². The van der Waals surface area contributed by atoms with Gasteiger partial charge in [0.05, 0.1) is 11.4 Å². The van der Waals surface area contributed by atoms with E-state index in [1.165, 1.54) is 0 Å². The molecule has 2 rings (SSSR count). The van der Waals surface area contributed by atoms with Gasteiger partial charge in [0.1, 0.15) is 5.83 Å². The van der Waals surface area contributed by atoms with E-state index < -0.39 is 0 Å². The Hall–Kier alpha value is -2.53. The zero-order valence-corrected chi connectivity index (χ0v) is 15.8. The first-order valence-corrected chi connectivity index (χ1v) is 9.58. The van der Waals surface area contributed by atoms with Crippen LogP contribution in [0.1, 0.15) is 37.4 Å². The lowest BCUT2D eigenvalue weighted by Crippen LogP contribution is -2.15. The highest BCUT2D eigenvalue weighted by Gasteiger charge is 2.07. The normalized spacial score (nSPS) is 12.1. The lowest BCUT2D eigenvalue weighted by Gasteiger charge is -2.11. The number of hydrogen-bond acceptors (Lipinski definition) is 4. The van der Waals surface area contributed by atoms with Crippen LogP contribution in [0.15, 0.2) is 71.4 Å². The Kier molecular flexibility index (Phi) is 7.96. The number of nitrogens with zero attached hydrogens (tertiary/aromatic N) is 1. The van der Waals surface area contributed by atoms with E-state index in [4.69, 9.17) is 5.41 Å². The molecule has 0 amide bonds. The van der Waals surface area contributed by atoms with Crippen molar-refractivity contribution in [3.63, 3.8) is 0 Å². The van der Waals surface area contributed by atoms with Crippen molar-refractivity contribution in [2.24, 2.45) is 0 Å². The molecule has 0 aliphatic heterocycles. The van der Waals surface area contributed by atoms with Gasteiger partial charge in [0.25, 0.3) is 0 Å². The topological polar surface area (TPSA) is 48.8 Å². The zero-order chi connectivity index (χ0) is 18.8. The lowest BCUT2D eigenvalue weighted by molar-refractivity contribution is 0.628. The van der Waals surface area contributed by atoms with Crippen LogP contribution < -0.4 is 5.32 Å². The fourth-order valence-corrected chi connectivity index (χ4v) is 2.93. The predicted octanol–water partition coefficient (Wildman–Crippen LogP) is 5.74. The molecule has 2 N–H and O–H groups in total. The van der Waals surface area contributed by atoms with Gasteiger partial charge in [-0.25, -0.2) is 4.39 Å². The fourth-order valence-electron chi connectivity index (χ4n) is 2.28. The Morgan fingerprint density at radius 3 is 2.88 bits per heavy atom. The third-order valence-corrected chi connectivity index (χ3v) is 4.44. The lowest BCUT2D eigenvalue weighted by atomic mass is 10.1. The molecule has 0 saturated heterocycles. The minimum absolute atomic E-state index is 0.226. The van der Waals surface area contributed by atoms with Crippen molar-refractivity contribution in [3.8, 4) is 0 Å². The van der Waals surface area contributed by atoms with Gasteiger partial charge in [0.2, 0.25) is 0 Å². The van der Waals surface area contributed by atoms with Crippen LogP contribution in [0.5, 0.6) is 0 Å². The van der Waals surface area contributed by atoms with Crippen molar-refractivity contribution >= 4 is 22.7 Å². The average molecular weight is 370 g/mol. The first-order chi connectivity index (χ1) is 12.6. The number of aromatic nitrogens is 1. The summed E-state index contributed by atoms with van der Waals surface area (Å²) in [4.78, 5) is 4.21. The van der Waals surface area contributed by atoms with Crippen LogP contribution in [-0.4, -0.2) is 17.2 Å². The molecule has 0 aromatic carbocycles. The Labute approximate surface area is 158 Å². The van der Waals surface area contributed by atoms with E-state index in [-0.39, 0.29) is 5.83 Å². The first-order valence-electron chi connectivity index (χ1n) is 8.63. The number of unbranched alkanes of at least 4 members (excludes halogenated alkanes) is 1. The maximum atomic E-state index is 13.9. The van der Waals surface area contributed by atoms with Crippen LogP contribution in [0.25, 0.3) is 5.70 Å². The molecule has 3 nitrogen and oxygen atoms in total. The molecule has 2 heterocycles. The van der Waals surface area contributed by atoms with E-state index in [2.05, 4.69) is 16.9 Å². The van der Waals surface area contributed by atoms with Crippen molar-refractivity contribution in [2.45, 2.75) is 26.2 Å². The second kappa shape index (κ2) is 10.5. The van der Waals surface area contributed by atoms with Crippen molar-refractivity contribution in [2.75, 3.05) is 6.54 Å². The van der Waals surface area contributed by atoms with Crippen LogP contribution in [0.2, 0.25) is 0 Å². The molecule has 2 aromatic rings. The maximum Gasteiger partial charge on any atom is 0.121 e. The fraction of sp³-hybridized carbons (Fsp3) is 0.238. The number of rotatable bonds is 10. The van der Waals surface area contributed by atoms with Crippen LogP contribution in [-0.2, 0) is 0 Å².